The Morgan fingerprint density at radius 1 is 1.22 bits per heavy atom. The zero-order valence-electron chi connectivity index (χ0n) is 15.7. The maximum Gasteiger partial charge on any atom is 0.260 e. The Labute approximate surface area is 163 Å². The van der Waals surface area contributed by atoms with Gasteiger partial charge in [0.2, 0.25) is 5.88 Å². The van der Waals surface area contributed by atoms with Gasteiger partial charge in [0.05, 0.1) is 25.8 Å². The van der Waals surface area contributed by atoms with E-state index < -0.39 is 11.6 Å². The van der Waals surface area contributed by atoms with Crippen LogP contribution in [0, 0.1) is 10.7 Å². The lowest BCUT2D eigenvalue weighted by atomic mass is 9.92. The molecule has 1 aromatic heterocycles. The second kappa shape index (κ2) is 8.14. The summed E-state index contributed by atoms with van der Waals surface area (Å²) in [7, 11) is 3.14. The predicted molar refractivity (Wildman–Crippen MR) is 105 cm³/mol. The zero-order chi connectivity index (χ0) is 19.6. The van der Waals surface area contributed by atoms with Crippen molar-refractivity contribution >= 4 is 12.2 Å². The van der Waals surface area contributed by atoms with E-state index in [-0.39, 0.29) is 16.2 Å². The largest absolute Gasteiger partial charge is 0.494 e. The van der Waals surface area contributed by atoms with Gasteiger partial charge in [-0.3, -0.25) is 14.7 Å². The van der Waals surface area contributed by atoms with Crippen molar-refractivity contribution in [3.8, 4) is 17.4 Å². The Bertz CT molecular complexity index is 916. The number of nitrogens with zero attached hydrogens (tertiary/aromatic N) is 1. The van der Waals surface area contributed by atoms with Gasteiger partial charge in [0.1, 0.15) is 0 Å². The molecule has 146 valence electrons. The first-order chi connectivity index (χ1) is 13.0. The molecule has 0 spiro atoms. The molecule has 8 heteroatoms. The number of aromatic nitrogens is 2. The van der Waals surface area contributed by atoms with Crippen LogP contribution in [0.3, 0.4) is 0 Å². The molecule has 1 aromatic carbocycles. The molecule has 0 saturated carbocycles. The van der Waals surface area contributed by atoms with E-state index in [1.165, 1.54) is 0 Å². The molecule has 1 saturated heterocycles. The molecule has 1 atom stereocenters. The van der Waals surface area contributed by atoms with Crippen LogP contribution in [-0.2, 0) is 0 Å². The number of piperidine rings is 1. The lowest BCUT2D eigenvalue weighted by Crippen LogP contribution is -2.39. The molecule has 1 unspecified atom stereocenters. The summed E-state index contributed by atoms with van der Waals surface area (Å²) in [6.45, 7) is 3.84. The van der Waals surface area contributed by atoms with Crippen molar-refractivity contribution in [2.75, 3.05) is 27.3 Å². The summed E-state index contributed by atoms with van der Waals surface area (Å²) in [4.78, 5) is 20.2. The number of para-hydroxylation sites is 1. The summed E-state index contributed by atoms with van der Waals surface area (Å²) < 4.78 is 11.1. The third-order valence-corrected chi connectivity index (χ3v) is 5.35. The summed E-state index contributed by atoms with van der Waals surface area (Å²) in [5.41, 5.74) is 0.576. The quantitative estimate of drug-likeness (QED) is 0.679. The smallest absolute Gasteiger partial charge is 0.260 e. The molecular weight excluding hydrogens is 366 g/mol. The van der Waals surface area contributed by atoms with Crippen LogP contribution in [0.1, 0.15) is 36.9 Å². The first kappa shape index (κ1) is 19.4. The molecule has 27 heavy (non-hydrogen) atoms. The van der Waals surface area contributed by atoms with Gasteiger partial charge in [0.15, 0.2) is 16.3 Å². The third kappa shape index (κ3) is 3.86. The molecule has 1 aliphatic rings. The van der Waals surface area contributed by atoms with Crippen LogP contribution >= 0.6 is 12.2 Å². The lowest BCUT2D eigenvalue weighted by Gasteiger charge is -2.37. The van der Waals surface area contributed by atoms with E-state index in [1.54, 1.807) is 20.3 Å². The van der Waals surface area contributed by atoms with E-state index in [2.05, 4.69) is 21.8 Å². The van der Waals surface area contributed by atoms with E-state index in [0.717, 1.165) is 31.5 Å². The molecule has 2 heterocycles. The van der Waals surface area contributed by atoms with Crippen LogP contribution in [0.4, 0.5) is 0 Å². The number of aromatic amines is 2. The van der Waals surface area contributed by atoms with Crippen molar-refractivity contribution < 1.29 is 14.6 Å². The summed E-state index contributed by atoms with van der Waals surface area (Å²) in [5.74, 6) is 1.52. The fraction of sp³-hybridized carbons (Fsp3) is 0.474. The van der Waals surface area contributed by atoms with Gasteiger partial charge in [-0.2, -0.15) is 0 Å². The van der Waals surface area contributed by atoms with Crippen molar-refractivity contribution in [3.05, 3.63) is 44.5 Å². The van der Waals surface area contributed by atoms with E-state index in [4.69, 9.17) is 21.7 Å². The van der Waals surface area contributed by atoms with Gasteiger partial charge in [0, 0.05) is 5.56 Å². The van der Waals surface area contributed by atoms with Gasteiger partial charge in [-0.25, -0.2) is 0 Å². The van der Waals surface area contributed by atoms with Gasteiger partial charge in [-0.1, -0.05) is 19.1 Å². The molecule has 3 N–H and O–H groups in total. The monoisotopic (exact) mass is 391 g/mol. The summed E-state index contributed by atoms with van der Waals surface area (Å²) in [6, 6.07) is 5.07. The van der Waals surface area contributed by atoms with Crippen LogP contribution in [0.15, 0.2) is 23.0 Å². The number of ether oxygens (including phenoxy) is 2. The third-order valence-electron chi connectivity index (χ3n) is 5.14. The second-order valence-corrected chi connectivity index (χ2v) is 7.28. The number of nitrogens with one attached hydrogen (secondary N) is 2. The number of likely N-dealkylation sites (tertiary alicyclic amines) is 1. The van der Waals surface area contributed by atoms with E-state index >= 15 is 0 Å². The van der Waals surface area contributed by atoms with Crippen molar-refractivity contribution in [1.82, 2.24) is 14.9 Å². The van der Waals surface area contributed by atoms with E-state index in [1.807, 2.05) is 12.1 Å². The molecule has 7 nitrogen and oxygen atoms in total. The fourth-order valence-electron chi connectivity index (χ4n) is 3.69. The molecule has 0 aliphatic carbocycles. The van der Waals surface area contributed by atoms with E-state index in [9.17, 15) is 9.90 Å². The minimum absolute atomic E-state index is 0.0878. The summed E-state index contributed by atoms with van der Waals surface area (Å²) in [6.07, 6.45) is 2.04. The molecule has 1 aliphatic heterocycles. The number of aromatic hydroxyl groups is 1. The predicted octanol–water partition coefficient (Wildman–Crippen LogP) is 2.98. The van der Waals surface area contributed by atoms with E-state index in [0.29, 0.717) is 17.4 Å². The lowest BCUT2D eigenvalue weighted by molar-refractivity contribution is 0.152. The van der Waals surface area contributed by atoms with Crippen molar-refractivity contribution in [1.29, 1.82) is 0 Å². The van der Waals surface area contributed by atoms with Crippen molar-refractivity contribution in [2.45, 2.75) is 25.8 Å². The second-order valence-electron chi connectivity index (χ2n) is 6.87. The summed E-state index contributed by atoms with van der Waals surface area (Å²) >= 11 is 4.98. The molecule has 0 radical (unpaired) electrons. The minimum atomic E-state index is -0.488. The zero-order valence-corrected chi connectivity index (χ0v) is 16.6. The maximum absolute atomic E-state index is 12.7. The standard InChI is InChI=1S/C19H25N3O4S/c1-11-7-9-22(10-8-11)15(14-17(23)20-19(27)21-18(14)24)12-5-4-6-13(25-2)16(12)26-3/h4-6,11,15H,7-10H2,1-3H3,(H3,20,21,23,24,27). The van der Waals surface area contributed by atoms with Crippen LogP contribution in [0.5, 0.6) is 17.4 Å². The number of benzene rings is 1. The number of methoxy groups -OCH3 is 2. The number of H-pyrrole nitrogens is 2. The highest BCUT2D eigenvalue weighted by Crippen LogP contribution is 2.41. The van der Waals surface area contributed by atoms with Crippen LogP contribution in [0.2, 0.25) is 0 Å². The van der Waals surface area contributed by atoms with Gasteiger partial charge in [-0.15, -0.1) is 0 Å². The highest BCUT2D eigenvalue weighted by atomic mass is 32.1. The highest BCUT2D eigenvalue weighted by Gasteiger charge is 2.33. The molecule has 0 amide bonds. The van der Waals surface area contributed by atoms with Crippen molar-refractivity contribution in [2.24, 2.45) is 5.92 Å². The SMILES string of the molecule is COc1cccc(C(c2c(O)[nH]c(=S)[nH]c2=O)N2CCC(C)CC2)c1OC. The highest BCUT2D eigenvalue weighted by molar-refractivity contribution is 7.71. The van der Waals surface area contributed by atoms with Crippen LogP contribution in [-0.4, -0.2) is 47.3 Å². The number of hydrogen-bond acceptors (Lipinski definition) is 6. The average molecular weight is 391 g/mol. The number of hydrogen-bond donors (Lipinski definition) is 3. The topological polar surface area (TPSA) is 90.6 Å². The molecule has 3 rings (SSSR count). The Morgan fingerprint density at radius 3 is 2.52 bits per heavy atom. The van der Waals surface area contributed by atoms with Crippen LogP contribution in [0.25, 0.3) is 0 Å². The Kier molecular flexibility index (Phi) is 5.86. The first-order valence-corrected chi connectivity index (χ1v) is 9.37. The maximum atomic E-state index is 12.7. The Morgan fingerprint density at radius 2 is 1.93 bits per heavy atom. The van der Waals surface area contributed by atoms with Gasteiger partial charge < -0.3 is 19.6 Å². The molecule has 0 bridgehead atoms. The number of rotatable bonds is 5. The fourth-order valence-corrected chi connectivity index (χ4v) is 3.88. The normalized spacial score (nSPS) is 16.9. The van der Waals surface area contributed by atoms with Crippen LogP contribution < -0.4 is 15.0 Å². The minimum Gasteiger partial charge on any atom is -0.494 e. The van der Waals surface area contributed by atoms with Crippen molar-refractivity contribution in [3.63, 3.8) is 0 Å². The van der Waals surface area contributed by atoms with Gasteiger partial charge in [0.25, 0.3) is 5.56 Å². The molecular formula is C19H25N3O4S. The Balaban J connectivity index is 2.21. The van der Waals surface area contributed by atoms with Gasteiger partial charge >= 0.3 is 0 Å². The first-order valence-electron chi connectivity index (χ1n) is 8.96. The molecule has 1 fully saturated rings. The molecule has 2 aromatic rings. The summed E-state index contributed by atoms with van der Waals surface area (Å²) in [5, 5.41) is 10.5. The average Bonchev–Trinajstić information content (AvgIpc) is 2.64. The Hall–Kier alpha value is -2.32. The van der Waals surface area contributed by atoms with Gasteiger partial charge in [-0.05, 0) is 50.1 Å².